The van der Waals surface area contributed by atoms with Gasteiger partial charge in [0.05, 0.1) is 11.9 Å². The van der Waals surface area contributed by atoms with Gasteiger partial charge in [0.2, 0.25) is 11.9 Å². The van der Waals surface area contributed by atoms with Crippen LogP contribution in [-0.4, -0.2) is 36.0 Å². The van der Waals surface area contributed by atoms with E-state index >= 15 is 0 Å². The fourth-order valence-electron chi connectivity index (χ4n) is 1.87. The Morgan fingerprint density at radius 3 is 2.89 bits per heavy atom. The van der Waals surface area contributed by atoms with Crippen LogP contribution in [0.25, 0.3) is 10.2 Å². The van der Waals surface area contributed by atoms with Crippen LogP contribution in [0.15, 0.2) is 6.07 Å². The van der Waals surface area contributed by atoms with E-state index in [1.54, 1.807) is 18.4 Å². The van der Waals surface area contributed by atoms with Crippen LogP contribution in [0, 0.1) is 6.92 Å². The predicted molar refractivity (Wildman–Crippen MR) is 78.5 cm³/mol. The minimum Gasteiger partial charge on any atom is -0.368 e. The van der Waals surface area contributed by atoms with Gasteiger partial charge in [-0.1, -0.05) is 0 Å². The van der Waals surface area contributed by atoms with Gasteiger partial charge in [0.25, 0.3) is 0 Å². The summed E-state index contributed by atoms with van der Waals surface area (Å²) in [5.41, 5.74) is 5.75. The number of carbonyl (C=O) groups is 1. The van der Waals surface area contributed by atoms with Gasteiger partial charge < -0.3 is 16.0 Å². The maximum atomic E-state index is 11.6. The number of nitrogens with two attached hydrogens (primary N) is 1. The smallest absolute Gasteiger partial charge is 0.239 e. The molecule has 19 heavy (non-hydrogen) atoms. The van der Waals surface area contributed by atoms with Gasteiger partial charge in [-0.05, 0) is 19.9 Å². The molecule has 2 heterocycles. The van der Waals surface area contributed by atoms with Crippen molar-refractivity contribution in [2.45, 2.75) is 13.8 Å². The van der Waals surface area contributed by atoms with E-state index in [-0.39, 0.29) is 18.4 Å². The van der Waals surface area contributed by atoms with Crippen molar-refractivity contribution in [1.29, 1.82) is 0 Å². The number of nitrogens with zero attached hydrogens (tertiary/aromatic N) is 3. The second-order valence-corrected chi connectivity index (χ2v) is 5.40. The molecule has 0 unspecified atom stereocenters. The van der Waals surface area contributed by atoms with E-state index in [0.29, 0.717) is 6.54 Å². The summed E-state index contributed by atoms with van der Waals surface area (Å²) in [6.07, 6.45) is 0. The summed E-state index contributed by atoms with van der Waals surface area (Å²) in [7, 11) is 1.62. The molecular weight excluding hydrogens is 262 g/mol. The zero-order valence-electron chi connectivity index (χ0n) is 11.2. The summed E-state index contributed by atoms with van der Waals surface area (Å²) in [5.74, 6) is 0.900. The number of nitrogens with one attached hydrogen (secondary N) is 1. The second kappa shape index (κ2) is 5.40. The molecule has 0 aliphatic rings. The minimum absolute atomic E-state index is 0.0564. The van der Waals surface area contributed by atoms with Crippen LogP contribution in [0.4, 0.5) is 11.8 Å². The number of hydrogen-bond acceptors (Lipinski definition) is 6. The molecule has 0 atom stereocenters. The molecule has 0 spiro atoms. The molecule has 0 aromatic carbocycles. The Bertz CT molecular complexity index is 609. The van der Waals surface area contributed by atoms with Gasteiger partial charge in [0, 0.05) is 18.5 Å². The lowest BCUT2D eigenvalue weighted by Crippen LogP contribution is -2.36. The van der Waals surface area contributed by atoms with Gasteiger partial charge in [0.1, 0.15) is 10.6 Å². The Balaban J connectivity index is 2.49. The molecule has 0 aliphatic heterocycles. The van der Waals surface area contributed by atoms with Crippen molar-refractivity contribution in [2.75, 3.05) is 30.8 Å². The van der Waals surface area contributed by atoms with E-state index in [0.717, 1.165) is 20.9 Å². The predicted octanol–water partition coefficient (Wildman–Crippen LogP) is 1.15. The Labute approximate surface area is 115 Å². The average Bonchev–Trinajstić information content (AvgIpc) is 2.74. The average molecular weight is 279 g/mol. The molecule has 0 aliphatic carbocycles. The fourth-order valence-corrected chi connectivity index (χ4v) is 2.75. The van der Waals surface area contributed by atoms with Crippen molar-refractivity contribution in [3.05, 3.63) is 10.9 Å². The number of likely N-dealkylation sites (N-methyl/N-ethyl adjacent to an activating group) is 2. The van der Waals surface area contributed by atoms with E-state index in [2.05, 4.69) is 15.3 Å². The van der Waals surface area contributed by atoms with Crippen LogP contribution >= 0.6 is 11.3 Å². The number of fused-ring (bicyclic) bond motifs is 1. The molecule has 0 radical (unpaired) electrons. The highest BCUT2D eigenvalue weighted by molar-refractivity contribution is 7.18. The molecule has 2 aromatic heterocycles. The Morgan fingerprint density at radius 1 is 1.53 bits per heavy atom. The van der Waals surface area contributed by atoms with E-state index < -0.39 is 0 Å². The molecule has 3 N–H and O–H groups in total. The third-order valence-corrected chi connectivity index (χ3v) is 3.75. The van der Waals surface area contributed by atoms with Crippen LogP contribution in [0.3, 0.4) is 0 Å². The van der Waals surface area contributed by atoms with Crippen molar-refractivity contribution in [3.63, 3.8) is 0 Å². The van der Waals surface area contributed by atoms with Gasteiger partial charge >= 0.3 is 0 Å². The highest BCUT2D eigenvalue weighted by atomic mass is 32.1. The minimum atomic E-state index is -0.0564. The lowest BCUT2D eigenvalue weighted by atomic mass is 10.3. The van der Waals surface area contributed by atoms with E-state index in [1.165, 1.54) is 0 Å². The summed E-state index contributed by atoms with van der Waals surface area (Å²) in [5, 5.41) is 3.56. The largest absolute Gasteiger partial charge is 0.368 e. The topological polar surface area (TPSA) is 84.1 Å². The zero-order chi connectivity index (χ0) is 14.0. The molecule has 0 saturated heterocycles. The molecule has 1 amide bonds. The van der Waals surface area contributed by atoms with Gasteiger partial charge in [-0.15, -0.1) is 11.3 Å². The van der Waals surface area contributed by atoms with Gasteiger partial charge in [0.15, 0.2) is 0 Å². The summed E-state index contributed by atoms with van der Waals surface area (Å²) in [6, 6.07) is 2.03. The van der Waals surface area contributed by atoms with Crippen LogP contribution in [0.2, 0.25) is 0 Å². The molecule has 102 valence electrons. The van der Waals surface area contributed by atoms with Crippen LogP contribution in [-0.2, 0) is 4.79 Å². The van der Waals surface area contributed by atoms with E-state index in [4.69, 9.17) is 5.73 Å². The van der Waals surface area contributed by atoms with Crippen LogP contribution in [0.1, 0.15) is 11.8 Å². The highest BCUT2D eigenvalue weighted by Crippen LogP contribution is 2.30. The van der Waals surface area contributed by atoms with Crippen LogP contribution in [0.5, 0.6) is 0 Å². The number of amides is 1. The van der Waals surface area contributed by atoms with Crippen LogP contribution < -0.4 is 16.0 Å². The molecule has 0 fully saturated rings. The maximum Gasteiger partial charge on any atom is 0.239 e. The molecular formula is C12H17N5OS. The van der Waals surface area contributed by atoms with Gasteiger partial charge in [-0.3, -0.25) is 4.79 Å². The van der Waals surface area contributed by atoms with E-state index in [1.807, 2.05) is 24.8 Å². The first-order valence-corrected chi connectivity index (χ1v) is 6.86. The molecule has 2 rings (SSSR count). The number of hydrogen-bond donors (Lipinski definition) is 2. The highest BCUT2D eigenvalue weighted by Gasteiger charge is 2.16. The number of aromatic nitrogens is 2. The standard InChI is InChI=1S/C12H17N5OS/c1-4-17(6-9(18)14-3)10-8-5-7(2)19-11(8)16-12(13)15-10/h5H,4,6H2,1-3H3,(H,14,18)(H2,13,15,16). The maximum absolute atomic E-state index is 11.6. The van der Waals surface area contributed by atoms with E-state index in [9.17, 15) is 4.79 Å². The van der Waals surface area contributed by atoms with Crippen molar-refractivity contribution in [1.82, 2.24) is 15.3 Å². The number of carbonyl (C=O) groups excluding carboxylic acids is 1. The fraction of sp³-hybridized carbons (Fsp3) is 0.417. The second-order valence-electron chi connectivity index (χ2n) is 4.17. The lowest BCUT2D eigenvalue weighted by Gasteiger charge is -2.21. The number of rotatable bonds is 4. The summed E-state index contributed by atoms with van der Waals surface area (Å²) >= 11 is 1.57. The lowest BCUT2D eigenvalue weighted by molar-refractivity contribution is -0.119. The van der Waals surface area contributed by atoms with Crippen molar-refractivity contribution in [3.8, 4) is 0 Å². The Morgan fingerprint density at radius 2 is 2.26 bits per heavy atom. The third kappa shape index (κ3) is 2.76. The normalized spacial score (nSPS) is 10.7. The first-order valence-electron chi connectivity index (χ1n) is 6.04. The Hall–Kier alpha value is -1.89. The molecule has 0 saturated carbocycles. The molecule has 7 heteroatoms. The third-order valence-electron chi connectivity index (χ3n) is 2.81. The van der Waals surface area contributed by atoms with Crippen molar-refractivity contribution < 1.29 is 4.79 Å². The van der Waals surface area contributed by atoms with Gasteiger partial charge in [-0.25, -0.2) is 4.98 Å². The summed E-state index contributed by atoms with van der Waals surface area (Å²) in [4.78, 5) is 24.0. The first-order chi connectivity index (χ1) is 9.05. The number of nitrogen functional groups attached to an aromatic ring is 1. The Kier molecular flexibility index (Phi) is 3.84. The van der Waals surface area contributed by atoms with Crippen molar-refractivity contribution >= 4 is 39.2 Å². The summed E-state index contributed by atoms with van der Waals surface area (Å²) in [6.45, 7) is 4.93. The number of aryl methyl sites for hydroxylation is 1. The summed E-state index contributed by atoms with van der Waals surface area (Å²) < 4.78 is 0. The molecule has 6 nitrogen and oxygen atoms in total. The number of anilines is 2. The first kappa shape index (κ1) is 13.5. The monoisotopic (exact) mass is 279 g/mol. The molecule has 0 bridgehead atoms. The zero-order valence-corrected chi connectivity index (χ0v) is 12.0. The quantitative estimate of drug-likeness (QED) is 0.877. The molecule has 2 aromatic rings. The van der Waals surface area contributed by atoms with Crippen molar-refractivity contribution in [2.24, 2.45) is 0 Å². The van der Waals surface area contributed by atoms with Gasteiger partial charge in [-0.2, -0.15) is 4.98 Å². The number of thiophene rings is 1. The SMILES string of the molecule is CCN(CC(=O)NC)c1nc(N)nc2sc(C)cc12.